The van der Waals surface area contributed by atoms with Gasteiger partial charge in [-0.15, -0.1) is 0 Å². The van der Waals surface area contributed by atoms with E-state index in [4.69, 9.17) is 0 Å². The van der Waals surface area contributed by atoms with Crippen molar-refractivity contribution < 1.29 is 8.42 Å². The zero-order chi connectivity index (χ0) is 16.4. The molecule has 0 unspecified atom stereocenters. The van der Waals surface area contributed by atoms with Crippen LogP contribution in [0.4, 0.5) is 11.6 Å². The van der Waals surface area contributed by atoms with E-state index in [2.05, 4.69) is 25.5 Å². The summed E-state index contributed by atoms with van der Waals surface area (Å²) in [5, 5.41) is 9.57. The molecule has 0 radical (unpaired) electrons. The molecule has 0 saturated heterocycles. The summed E-state index contributed by atoms with van der Waals surface area (Å²) in [6, 6.07) is 6.72. The number of sulfone groups is 1. The number of nitrogens with zero attached hydrogens (tertiary/aromatic N) is 3. The lowest BCUT2D eigenvalue weighted by atomic mass is 10.1. The normalized spacial score (nSPS) is 11.4. The number of aromatic amines is 1. The summed E-state index contributed by atoms with van der Waals surface area (Å²) in [5.41, 5.74) is 3.00. The zero-order valence-corrected chi connectivity index (χ0v) is 13.4. The van der Waals surface area contributed by atoms with Crippen molar-refractivity contribution in [1.29, 1.82) is 0 Å². The van der Waals surface area contributed by atoms with Crippen LogP contribution in [-0.4, -0.2) is 34.8 Å². The Bertz CT molecular complexity index is 936. The van der Waals surface area contributed by atoms with Crippen molar-refractivity contribution in [2.24, 2.45) is 0 Å². The zero-order valence-electron chi connectivity index (χ0n) is 12.6. The summed E-state index contributed by atoms with van der Waals surface area (Å²) in [4.78, 5) is 8.97. The molecule has 0 bridgehead atoms. The van der Waals surface area contributed by atoms with Gasteiger partial charge in [0.1, 0.15) is 0 Å². The fourth-order valence-electron chi connectivity index (χ4n) is 2.12. The first-order chi connectivity index (χ1) is 10.9. The van der Waals surface area contributed by atoms with Crippen molar-refractivity contribution in [3.63, 3.8) is 0 Å². The van der Waals surface area contributed by atoms with Gasteiger partial charge in [-0.3, -0.25) is 5.10 Å². The highest BCUT2D eigenvalue weighted by molar-refractivity contribution is 7.90. The molecule has 3 aromatic rings. The molecule has 2 N–H and O–H groups in total. The number of benzene rings is 1. The second-order valence-electron chi connectivity index (χ2n) is 5.14. The van der Waals surface area contributed by atoms with Crippen LogP contribution in [0, 0.1) is 6.92 Å². The van der Waals surface area contributed by atoms with Crippen molar-refractivity contribution in [3.8, 4) is 11.3 Å². The Morgan fingerprint density at radius 2 is 2.04 bits per heavy atom. The van der Waals surface area contributed by atoms with Gasteiger partial charge in [-0.2, -0.15) is 5.10 Å². The molecule has 3 rings (SSSR count). The summed E-state index contributed by atoms with van der Waals surface area (Å²) in [6.45, 7) is 1.88. The molecule has 0 aliphatic carbocycles. The lowest BCUT2D eigenvalue weighted by Gasteiger charge is -2.09. The Kier molecular flexibility index (Phi) is 3.83. The van der Waals surface area contributed by atoms with Gasteiger partial charge < -0.3 is 5.32 Å². The number of hydrogen-bond donors (Lipinski definition) is 2. The van der Waals surface area contributed by atoms with Crippen molar-refractivity contribution in [2.45, 2.75) is 11.8 Å². The van der Waals surface area contributed by atoms with Crippen molar-refractivity contribution in [3.05, 3.63) is 48.4 Å². The third-order valence-electron chi connectivity index (χ3n) is 3.26. The average Bonchev–Trinajstić information content (AvgIpc) is 3.01. The first-order valence-corrected chi connectivity index (χ1v) is 8.72. The number of aryl methyl sites for hydroxylation is 1. The van der Waals surface area contributed by atoms with Crippen LogP contribution in [0.5, 0.6) is 0 Å². The number of rotatable bonds is 4. The van der Waals surface area contributed by atoms with E-state index in [-0.39, 0.29) is 4.90 Å². The Morgan fingerprint density at radius 1 is 1.22 bits per heavy atom. The minimum absolute atomic E-state index is 0.261. The molecule has 2 heterocycles. The van der Waals surface area contributed by atoms with Crippen molar-refractivity contribution in [2.75, 3.05) is 11.6 Å². The topological polar surface area (TPSA) is 101 Å². The number of nitrogens with one attached hydrogen (secondary N) is 2. The second-order valence-corrected chi connectivity index (χ2v) is 7.15. The fraction of sp³-hybridized carbons (Fsp3) is 0.133. The number of anilines is 2. The Balaban J connectivity index is 2.02. The molecule has 2 aromatic heterocycles. The molecule has 0 fully saturated rings. The van der Waals surface area contributed by atoms with E-state index in [0.717, 1.165) is 16.8 Å². The highest BCUT2D eigenvalue weighted by Crippen LogP contribution is 2.25. The molecular weight excluding hydrogens is 314 g/mol. The van der Waals surface area contributed by atoms with Gasteiger partial charge >= 0.3 is 0 Å². The Hall–Kier alpha value is -2.74. The Labute approximate surface area is 133 Å². The van der Waals surface area contributed by atoms with Crippen LogP contribution in [0.2, 0.25) is 0 Å². The van der Waals surface area contributed by atoms with Gasteiger partial charge in [0.05, 0.1) is 22.5 Å². The van der Waals surface area contributed by atoms with E-state index < -0.39 is 9.84 Å². The van der Waals surface area contributed by atoms with E-state index in [0.29, 0.717) is 11.6 Å². The number of aromatic nitrogens is 4. The maximum Gasteiger partial charge on any atom is 0.227 e. The summed E-state index contributed by atoms with van der Waals surface area (Å²) < 4.78 is 23.4. The van der Waals surface area contributed by atoms with Crippen LogP contribution in [-0.2, 0) is 9.84 Å². The molecule has 7 nitrogen and oxygen atoms in total. The van der Waals surface area contributed by atoms with E-state index in [9.17, 15) is 8.42 Å². The maximum absolute atomic E-state index is 11.7. The molecular formula is C15H15N5O2S. The van der Waals surface area contributed by atoms with Gasteiger partial charge in [0.2, 0.25) is 5.95 Å². The fourth-order valence-corrected chi connectivity index (χ4v) is 2.78. The molecule has 23 heavy (non-hydrogen) atoms. The number of hydrogen-bond acceptors (Lipinski definition) is 6. The molecule has 118 valence electrons. The molecule has 0 spiro atoms. The van der Waals surface area contributed by atoms with Gasteiger partial charge in [0.25, 0.3) is 0 Å². The molecule has 1 aromatic carbocycles. The predicted octanol–water partition coefficient (Wildman–Crippen LogP) is 2.32. The van der Waals surface area contributed by atoms with E-state index >= 15 is 0 Å². The standard InChI is InChI=1S/C15H15N5O2S/c1-10-7-16-15(19-12-8-17-18-9-12)20-14(10)11-4-3-5-13(6-11)23(2,21)22/h3-9H,1-2H3,(H,17,18)(H,16,19,20). The molecule has 0 saturated carbocycles. The maximum atomic E-state index is 11.7. The lowest BCUT2D eigenvalue weighted by Crippen LogP contribution is -2.01. The highest BCUT2D eigenvalue weighted by atomic mass is 32.2. The number of H-pyrrole nitrogens is 1. The van der Waals surface area contributed by atoms with E-state index in [1.165, 1.54) is 6.26 Å². The third kappa shape index (κ3) is 3.37. The largest absolute Gasteiger partial charge is 0.321 e. The summed E-state index contributed by atoms with van der Waals surface area (Å²) in [6.07, 6.45) is 6.18. The van der Waals surface area contributed by atoms with Gasteiger partial charge in [-0.25, -0.2) is 18.4 Å². The molecule has 0 amide bonds. The van der Waals surface area contributed by atoms with Crippen LogP contribution < -0.4 is 5.32 Å². The first-order valence-electron chi connectivity index (χ1n) is 6.83. The molecule has 0 aliphatic rings. The quantitative estimate of drug-likeness (QED) is 0.762. The minimum atomic E-state index is -3.27. The van der Waals surface area contributed by atoms with Gasteiger partial charge in [-0.1, -0.05) is 12.1 Å². The monoisotopic (exact) mass is 329 g/mol. The van der Waals surface area contributed by atoms with Crippen molar-refractivity contribution >= 4 is 21.5 Å². The van der Waals surface area contributed by atoms with E-state index in [1.807, 2.05) is 13.0 Å². The molecule has 0 atom stereocenters. The van der Waals surface area contributed by atoms with Gasteiger partial charge in [0.15, 0.2) is 9.84 Å². The third-order valence-corrected chi connectivity index (χ3v) is 4.37. The van der Waals surface area contributed by atoms with Crippen LogP contribution in [0.15, 0.2) is 47.8 Å². The van der Waals surface area contributed by atoms with Crippen LogP contribution in [0.3, 0.4) is 0 Å². The summed E-state index contributed by atoms with van der Waals surface area (Å²) in [5.74, 6) is 0.414. The average molecular weight is 329 g/mol. The van der Waals surface area contributed by atoms with Crippen molar-refractivity contribution in [1.82, 2.24) is 20.2 Å². The lowest BCUT2D eigenvalue weighted by molar-refractivity contribution is 0.602. The highest BCUT2D eigenvalue weighted by Gasteiger charge is 2.12. The summed E-state index contributed by atoms with van der Waals surface area (Å²) in [7, 11) is -3.27. The molecule has 8 heteroatoms. The van der Waals surface area contributed by atoms with E-state index in [1.54, 1.807) is 36.8 Å². The van der Waals surface area contributed by atoms with Crippen LogP contribution >= 0.6 is 0 Å². The first kappa shape index (κ1) is 15.2. The van der Waals surface area contributed by atoms with Gasteiger partial charge in [-0.05, 0) is 24.6 Å². The van der Waals surface area contributed by atoms with Crippen LogP contribution in [0.25, 0.3) is 11.3 Å². The second kappa shape index (κ2) is 5.81. The predicted molar refractivity (Wildman–Crippen MR) is 87.2 cm³/mol. The Morgan fingerprint density at radius 3 is 2.74 bits per heavy atom. The van der Waals surface area contributed by atoms with Gasteiger partial charge in [0, 0.05) is 24.2 Å². The SMILES string of the molecule is Cc1cnc(Nc2cn[nH]c2)nc1-c1cccc(S(C)(=O)=O)c1. The minimum Gasteiger partial charge on any atom is -0.321 e. The molecule has 0 aliphatic heterocycles. The smallest absolute Gasteiger partial charge is 0.227 e. The summed E-state index contributed by atoms with van der Waals surface area (Å²) >= 11 is 0. The van der Waals surface area contributed by atoms with Crippen LogP contribution in [0.1, 0.15) is 5.56 Å².